The van der Waals surface area contributed by atoms with Crippen molar-refractivity contribution in [3.05, 3.63) is 35.9 Å². The van der Waals surface area contributed by atoms with Crippen molar-refractivity contribution in [1.82, 2.24) is 0 Å². The third-order valence-corrected chi connectivity index (χ3v) is 3.03. The SMILES string of the molecule is CC(C)Oc1cccc(C2=CCC(N)CC2)c1. The second kappa shape index (κ2) is 5.37. The van der Waals surface area contributed by atoms with E-state index in [0.29, 0.717) is 6.04 Å². The lowest BCUT2D eigenvalue weighted by Gasteiger charge is -2.19. The van der Waals surface area contributed by atoms with Crippen LogP contribution in [0.25, 0.3) is 5.57 Å². The van der Waals surface area contributed by atoms with E-state index in [0.717, 1.165) is 25.0 Å². The molecule has 0 heterocycles. The summed E-state index contributed by atoms with van der Waals surface area (Å²) < 4.78 is 5.71. The molecular formula is C15H21NO. The van der Waals surface area contributed by atoms with Crippen molar-refractivity contribution in [1.29, 1.82) is 0 Å². The second-order valence-electron chi connectivity index (χ2n) is 4.96. The molecule has 1 aliphatic rings. The van der Waals surface area contributed by atoms with Crippen molar-refractivity contribution in [3.8, 4) is 5.75 Å². The van der Waals surface area contributed by atoms with Crippen LogP contribution in [0.3, 0.4) is 0 Å². The van der Waals surface area contributed by atoms with E-state index in [9.17, 15) is 0 Å². The van der Waals surface area contributed by atoms with Crippen LogP contribution in [-0.4, -0.2) is 12.1 Å². The number of rotatable bonds is 3. The Balaban J connectivity index is 2.16. The van der Waals surface area contributed by atoms with E-state index in [1.54, 1.807) is 0 Å². The average molecular weight is 231 g/mol. The van der Waals surface area contributed by atoms with Gasteiger partial charge >= 0.3 is 0 Å². The van der Waals surface area contributed by atoms with Crippen molar-refractivity contribution >= 4 is 5.57 Å². The highest BCUT2D eigenvalue weighted by molar-refractivity contribution is 5.67. The highest BCUT2D eigenvalue weighted by Gasteiger charge is 2.12. The first kappa shape index (κ1) is 12.2. The molecule has 2 N–H and O–H groups in total. The van der Waals surface area contributed by atoms with Crippen molar-refractivity contribution in [2.45, 2.75) is 45.3 Å². The normalized spacial score (nSPS) is 20.2. The Bertz CT molecular complexity index is 409. The predicted molar refractivity (Wildman–Crippen MR) is 72.0 cm³/mol. The number of allylic oxidation sites excluding steroid dienone is 1. The van der Waals surface area contributed by atoms with Crippen LogP contribution >= 0.6 is 0 Å². The maximum Gasteiger partial charge on any atom is 0.120 e. The average Bonchev–Trinajstić information content (AvgIpc) is 2.29. The van der Waals surface area contributed by atoms with Crippen molar-refractivity contribution in [3.63, 3.8) is 0 Å². The van der Waals surface area contributed by atoms with Crippen LogP contribution in [0.15, 0.2) is 30.3 Å². The fraction of sp³-hybridized carbons (Fsp3) is 0.467. The molecule has 2 nitrogen and oxygen atoms in total. The molecular weight excluding hydrogens is 210 g/mol. The summed E-state index contributed by atoms with van der Waals surface area (Å²) in [5.41, 5.74) is 8.58. The number of nitrogens with two attached hydrogens (primary N) is 1. The zero-order valence-corrected chi connectivity index (χ0v) is 10.6. The second-order valence-corrected chi connectivity index (χ2v) is 4.96. The van der Waals surface area contributed by atoms with E-state index in [2.05, 4.69) is 24.3 Å². The van der Waals surface area contributed by atoms with E-state index < -0.39 is 0 Å². The number of ether oxygens (including phenoxy) is 1. The molecule has 2 rings (SSSR count). The summed E-state index contributed by atoms with van der Waals surface area (Å²) in [5.74, 6) is 0.952. The molecule has 1 unspecified atom stereocenters. The quantitative estimate of drug-likeness (QED) is 0.865. The van der Waals surface area contributed by atoms with Crippen LogP contribution in [0.2, 0.25) is 0 Å². The summed E-state index contributed by atoms with van der Waals surface area (Å²) in [7, 11) is 0. The lowest BCUT2D eigenvalue weighted by Crippen LogP contribution is -2.21. The molecule has 0 aliphatic heterocycles. The Labute approximate surface area is 103 Å². The maximum atomic E-state index is 5.90. The predicted octanol–water partition coefficient (Wildman–Crippen LogP) is 3.37. The Kier molecular flexibility index (Phi) is 3.85. The van der Waals surface area contributed by atoms with E-state index in [1.807, 2.05) is 19.9 Å². The van der Waals surface area contributed by atoms with Crippen LogP contribution in [0.1, 0.15) is 38.7 Å². The zero-order valence-electron chi connectivity index (χ0n) is 10.6. The molecule has 92 valence electrons. The van der Waals surface area contributed by atoms with Gasteiger partial charge in [0.15, 0.2) is 0 Å². The zero-order chi connectivity index (χ0) is 12.3. The summed E-state index contributed by atoms with van der Waals surface area (Å²) in [4.78, 5) is 0. The molecule has 1 aromatic rings. The van der Waals surface area contributed by atoms with Gasteiger partial charge < -0.3 is 10.5 Å². The van der Waals surface area contributed by atoms with Crippen LogP contribution < -0.4 is 10.5 Å². The van der Waals surface area contributed by atoms with E-state index in [4.69, 9.17) is 10.5 Å². The molecule has 17 heavy (non-hydrogen) atoms. The molecule has 2 heteroatoms. The first-order valence-corrected chi connectivity index (χ1v) is 6.37. The molecule has 0 fully saturated rings. The Morgan fingerprint density at radius 2 is 2.18 bits per heavy atom. The lowest BCUT2D eigenvalue weighted by molar-refractivity contribution is 0.242. The van der Waals surface area contributed by atoms with Gasteiger partial charge in [-0.05, 0) is 56.4 Å². The molecule has 0 radical (unpaired) electrons. The molecule has 1 aromatic carbocycles. The minimum Gasteiger partial charge on any atom is -0.491 e. The molecule has 1 aliphatic carbocycles. The molecule has 1 atom stereocenters. The van der Waals surface area contributed by atoms with Gasteiger partial charge in [-0.1, -0.05) is 18.2 Å². The van der Waals surface area contributed by atoms with Gasteiger partial charge in [-0.25, -0.2) is 0 Å². The minimum absolute atomic E-state index is 0.221. The van der Waals surface area contributed by atoms with Gasteiger partial charge in [-0.3, -0.25) is 0 Å². The monoisotopic (exact) mass is 231 g/mol. The van der Waals surface area contributed by atoms with Gasteiger partial charge in [0.1, 0.15) is 5.75 Å². The van der Waals surface area contributed by atoms with Crippen LogP contribution in [0.4, 0.5) is 0 Å². The first-order chi connectivity index (χ1) is 8.15. The largest absolute Gasteiger partial charge is 0.491 e. The van der Waals surface area contributed by atoms with Gasteiger partial charge in [0.05, 0.1) is 6.10 Å². The van der Waals surface area contributed by atoms with Gasteiger partial charge in [0.25, 0.3) is 0 Å². The Hall–Kier alpha value is -1.28. The fourth-order valence-corrected chi connectivity index (χ4v) is 2.16. The molecule has 0 saturated carbocycles. The van der Waals surface area contributed by atoms with Gasteiger partial charge in [0, 0.05) is 6.04 Å². The molecule has 0 spiro atoms. The number of hydrogen-bond acceptors (Lipinski definition) is 2. The lowest BCUT2D eigenvalue weighted by atomic mass is 9.91. The fourth-order valence-electron chi connectivity index (χ4n) is 2.16. The van der Waals surface area contributed by atoms with Crippen LogP contribution in [0.5, 0.6) is 5.75 Å². The number of hydrogen-bond donors (Lipinski definition) is 1. The van der Waals surface area contributed by atoms with Crippen LogP contribution in [0, 0.1) is 0 Å². The third kappa shape index (κ3) is 3.34. The number of benzene rings is 1. The van der Waals surface area contributed by atoms with E-state index in [-0.39, 0.29) is 6.10 Å². The Morgan fingerprint density at radius 1 is 1.35 bits per heavy atom. The third-order valence-electron chi connectivity index (χ3n) is 3.03. The summed E-state index contributed by atoms with van der Waals surface area (Å²) in [5, 5.41) is 0. The summed E-state index contributed by atoms with van der Waals surface area (Å²) >= 11 is 0. The van der Waals surface area contributed by atoms with Gasteiger partial charge in [0.2, 0.25) is 0 Å². The summed E-state index contributed by atoms with van der Waals surface area (Å²) in [6.45, 7) is 4.09. The standard InChI is InChI=1S/C15H21NO/c1-11(2)17-15-5-3-4-13(10-15)12-6-8-14(16)9-7-12/h3-6,10-11,14H,7-9,16H2,1-2H3. The minimum atomic E-state index is 0.221. The highest BCUT2D eigenvalue weighted by atomic mass is 16.5. The maximum absolute atomic E-state index is 5.90. The van der Waals surface area contributed by atoms with Crippen molar-refractivity contribution in [2.24, 2.45) is 5.73 Å². The van der Waals surface area contributed by atoms with Crippen LogP contribution in [-0.2, 0) is 0 Å². The summed E-state index contributed by atoms with van der Waals surface area (Å²) in [6, 6.07) is 8.69. The smallest absolute Gasteiger partial charge is 0.120 e. The van der Waals surface area contributed by atoms with Crippen molar-refractivity contribution < 1.29 is 4.74 Å². The summed E-state index contributed by atoms with van der Waals surface area (Å²) in [6.07, 6.45) is 5.64. The highest BCUT2D eigenvalue weighted by Crippen LogP contribution is 2.28. The molecule has 0 saturated heterocycles. The molecule has 0 bridgehead atoms. The Morgan fingerprint density at radius 3 is 2.82 bits per heavy atom. The van der Waals surface area contributed by atoms with Crippen molar-refractivity contribution in [2.75, 3.05) is 0 Å². The topological polar surface area (TPSA) is 35.2 Å². The van der Waals surface area contributed by atoms with E-state index in [1.165, 1.54) is 11.1 Å². The first-order valence-electron chi connectivity index (χ1n) is 6.37. The van der Waals surface area contributed by atoms with Gasteiger partial charge in [-0.2, -0.15) is 0 Å². The van der Waals surface area contributed by atoms with E-state index >= 15 is 0 Å². The molecule has 0 amide bonds. The van der Waals surface area contributed by atoms with Gasteiger partial charge in [-0.15, -0.1) is 0 Å². The molecule has 0 aromatic heterocycles.